The summed E-state index contributed by atoms with van der Waals surface area (Å²) in [5, 5.41) is 0. The predicted octanol–water partition coefficient (Wildman–Crippen LogP) is 2.65. The molecule has 0 saturated carbocycles. The molecule has 0 unspecified atom stereocenters. The van der Waals surface area contributed by atoms with E-state index in [4.69, 9.17) is 9.47 Å². The molecule has 0 spiro atoms. The predicted molar refractivity (Wildman–Crippen MR) is 89.6 cm³/mol. The first-order valence-electron chi connectivity index (χ1n) is 8.76. The lowest BCUT2D eigenvalue weighted by atomic mass is 9.87. The van der Waals surface area contributed by atoms with Gasteiger partial charge in [0, 0.05) is 18.5 Å². The van der Waals surface area contributed by atoms with Crippen molar-refractivity contribution in [1.29, 1.82) is 0 Å². The van der Waals surface area contributed by atoms with E-state index in [9.17, 15) is 9.59 Å². The molecular weight excluding hydrogens is 306 g/mol. The van der Waals surface area contributed by atoms with E-state index in [0.29, 0.717) is 24.6 Å². The average molecular weight is 331 g/mol. The Bertz CT molecular complexity index is 588. The molecule has 5 nitrogen and oxygen atoms in total. The highest BCUT2D eigenvalue weighted by Crippen LogP contribution is 2.40. The smallest absolute Gasteiger partial charge is 0.338 e. The van der Waals surface area contributed by atoms with E-state index in [0.717, 1.165) is 19.3 Å². The molecule has 0 N–H and O–H groups in total. The minimum absolute atomic E-state index is 0.0988. The normalized spacial score (nSPS) is 29.2. The highest BCUT2D eigenvalue weighted by Gasteiger charge is 2.51. The van der Waals surface area contributed by atoms with Crippen LogP contribution in [0.3, 0.4) is 0 Å². The highest BCUT2D eigenvalue weighted by molar-refractivity contribution is 5.89. The summed E-state index contributed by atoms with van der Waals surface area (Å²) in [6.07, 6.45) is 3.06. The van der Waals surface area contributed by atoms with Crippen molar-refractivity contribution < 1.29 is 19.1 Å². The molecule has 0 aliphatic carbocycles. The number of piperidine rings is 1. The molecule has 0 amide bonds. The van der Waals surface area contributed by atoms with Gasteiger partial charge >= 0.3 is 11.9 Å². The number of rotatable bonds is 5. The summed E-state index contributed by atoms with van der Waals surface area (Å²) < 4.78 is 11.1. The van der Waals surface area contributed by atoms with Crippen LogP contribution in [0.4, 0.5) is 0 Å². The molecule has 1 aromatic carbocycles. The summed E-state index contributed by atoms with van der Waals surface area (Å²) in [6, 6.07) is 9.41. The van der Waals surface area contributed by atoms with Gasteiger partial charge in [-0.2, -0.15) is 0 Å². The third kappa shape index (κ3) is 3.31. The van der Waals surface area contributed by atoms with Gasteiger partial charge in [-0.3, -0.25) is 9.69 Å². The second-order valence-electron chi connectivity index (χ2n) is 6.70. The van der Waals surface area contributed by atoms with E-state index >= 15 is 0 Å². The topological polar surface area (TPSA) is 55.8 Å². The van der Waals surface area contributed by atoms with Gasteiger partial charge in [-0.1, -0.05) is 25.1 Å². The highest BCUT2D eigenvalue weighted by atomic mass is 16.6. The molecular formula is C19H25NO4. The lowest BCUT2D eigenvalue weighted by Crippen LogP contribution is -2.53. The average Bonchev–Trinajstić information content (AvgIpc) is 2.83. The third-order valence-corrected chi connectivity index (χ3v) is 5.20. The minimum atomic E-state index is -0.407. The number of fused-ring (bicyclic) bond motifs is 2. The minimum Gasteiger partial charge on any atom is -0.465 e. The van der Waals surface area contributed by atoms with Gasteiger partial charge in [0.1, 0.15) is 12.0 Å². The van der Waals surface area contributed by atoms with E-state index in [1.165, 1.54) is 0 Å². The number of esters is 2. The molecule has 2 heterocycles. The molecule has 1 aromatic rings. The van der Waals surface area contributed by atoms with E-state index in [1.807, 2.05) is 25.1 Å². The van der Waals surface area contributed by atoms with E-state index < -0.39 is 12.0 Å². The van der Waals surface area contributed by atoms with Gasteiger partial charge in [-0.15, -0.1) is 0 Å². The van der Waals surface area contributed by atoms with Crippen molar-refractivity contribution in [3.8, 4) is 0 Å². The fraction of sp³-hybridized carbons (Fsp3) is 0.579. The second-order valence-corrected chi connectivity index (χ2v) is 6.70. The fourth-order valence-electron chi connectivity index (χ4n) is 3.93. The summed E-state index contributed by atoms with van der Waals surface area (Å²) in [7, 11) is 2.05. The van der Waals surface area contributed by atoms with Crippen molar-refractivity contribution in [3.05, 3.63) is 35.9 Å². The van der Waals surface area contributed by atoms with Crippen LogP contribution in [0.2, 0.25) is 0 Å². The molecule has 2 saturated heterocycles. The molecule has 4 atom stereocenters. The van der Waals surface area contributed by atoms with Crippen LogP contribution in [-0.2, 0) is 14.3 Å². The monoisotopic (exact) mass is 331 g/mol. The van der Waals surface area contributed by atoms with Crippen LogP contribution >= 0.6 is 0 Å². The van der Waals surface area contributed by atoms with Crippen LogP contribution in [0.5, 0.6) is 0 Å². The Hall–Kier alpha value is -1.88. The first kappa shape index (κ1) is 17.0. The molecule has 5 heteroatoms. The Morgan fingerprint density at radius 3 is 2.67 bits per heavy atom. The standard InChI is InChI=1S/C19H25NO4/c1-3-11-23-19(22)17-15-10-9-14(20(15)2)12-16(17)24-18(21)13-7-5-4-6-8-13/h4-8,14-17H,3,9-12H2,1-2H3/t14-,15+,16-,17-/m0/s1. The summed E-state index contributed by atoms with van der Waals surface area (Å²) >= 11 is 0. The number of benzene rings is 1. The number of hydrogen-bond donors (Lipinski definition) is 0. The first-order valence-corrected chi connectivity index (χ1v) is 8.76. The molecule has 0 radical (unpaired) electrons. The van der Waals surface area contributed by atoms with Gasteiger partial charge in [-0.25, -0.2) is 4.79 Å². The first-order chi connectivity index (χ1) is 11.6. The third-order valence-electron chi connectivity index (χ3n) is 5.20. The van der Waals surface area contributed by atoms with Crippen LogP contribution in [0.25, 0.3) is 0 Å². The van der Waals surface area contributed by atoms with Gasteiger partial charge in [-0.05, 0) is 38.4 Å². The van der Waals surface area contributed by atoms with Gasteiger partial charge in [0.2, 0.25) is 0 Å². The Kier molecular flexibility index (Phi) is 5.19. The lowest BCUT2D eigenvalue weighted by molar-refractivity contribution is -0.159. The fourth-order valence-corrected chi connectivity index (χ4v) is 3.93. The van der Waals surface area contributed by atoms with Gasteiger partial charge in [0.15, 0.2) is 0 Å². The summed E-state index contributed by atoms with van der Waals surface area (Å²) in [4.78, 5) is 27.3. The molecule has 24 heavy (non-hydrogen) atoms. The quantitative estimate of drug-likeness (QED) is 0.777. The van der Waals surface area contributed by atoms with Crippen molar-refractivity contribution in [2.45, 2.75) is 50.8 Å². The maximum absolute atomic E-state index is 12.6. The largest absolute Gasteiger partial charge is 0.465 e. The Morgan fingerprint density at radius 1 is 1.21 bits per heavy atom. The number of hydrogen-bond acceptors (Lipinski definition) is 5. The molecule has 2 fully saturated rings. The number of carbonyl (C=O) groups is 2. The van der Waals surface area contributed by atoms with Crippen LogP contribution in [-0.4, -0.2) is 48.7 Å². The summed E-state index contributed by atoms with van der Waals surface area (Å²) in [5.74, 6) is -0.995. The Morgan fingerprint density at radius 2 is 1.96 bits per heavy atom. The maximum atomic E-state index is 12.6. The van der Waals surface area contributed by atoms with Gasteiger partial charge in [0.25, 0.3) is 0 Å². The molecule has 3 rings (SSSR count). The summed E-state index contributed by atoms with van der Waals surface area (Å²) in [6.45, 7) is 2.38. The van der Waals surface area contributed by atoms with E-state index in [1.54, 1.807) is 12.1 Å². The summed E-state index contributed by atoms with van der Waals surface area (Å²) in [5.41, 5.74) is 0.518. The van der Waals surface area contributed by atoms with Crippen LogP contribution < -0.4 is 0 Å². The zero-order valence-electron chi connectivity index (χ0n) is 14.3. The maximum Gasteiger partial charge on any atom is 0.338 e. The van der Waals surface area contributed by atoms with E-state index in [2.05, 4.69) is 11.9 Å². The SMILES string of the molecule is CCCOC(=O)[C@@H]1[C@@H](OC(=O)c2ccccc2)C[C@@H]2CC[C@H]1N2C. The Balaban J connectivity index is 1.76. The molecule has 130 valence electrons. The van der Waals surface area contributed by atoms with Crippen LogP contribution in [0.1, 0.15) is 43.0 Å². The molecule has 2 bridgehead atoms. The molecule has 0 aromatic heterocycles. The molecule has 2 aliphatic heterocycles. The molecule has 2 aliphatic rings. The lowest BCUT2D eigenvalue weighted by Gasteiger charge is -2.40. The number of ether oxygens (including phenoxy) is 2. The van der Waals surface area contributed by atoms with Gasteiger partial charge < -0.3 is 9.47 Å². The zero-order chi connectivity index (χ0) is 17.1. The zero-order valence-corrected chi connectivity index (χ0v) is 14.3. The van der Waals surface area contributed by atoms with Crippen LogP contribution in [0.15, 0.2) is 30.3 Å². The Labute approximate surface area is 142 Å². The van der Waals surface area contributed by atoms with Gasteiger partial charge in [0.05, 0.1) is 12.2 Å². The van der Waals surface area contributed by atoms with Crippen molar-refractivity contribution in [2.75, 3.05) is 13.7 Å². The van der Waals surface area contributed by atoms with Crippen molar-refractivity contribution in [2.24, 2.45) is 5.92 Å². The van der Waals surface area contributed by atoms with Crippen LogP contribution in [0, 0.1) is 5.92 Å². The van der Waals surface area contributed by atoms with Crippen molar-refractivity contribution >= 4 is 11.9 Å². The second kappa shape index (κ2) is 7.34. The van der Waals surface area contributed by atoms with Crippen molar-refractivity contribution in [3.63, 3.8) is 0 Å². The number of carbonyl (C=O) groups excluding carboxylic acids is 2. The number of nitrogens with zero attached hydrogens (tertiary/aromatic N) is 1. The van der Waals surface area contributed by atoms with Crippen molar-refractivity contribution in [1.82, 2.24) is 4.90 Å². The van der Waals surface area contributed by atoms with E-state index in [-0.39, 0.29) is 18.0 Å².